The van der Waals surface area contributed by atoms with Crippen molar-refractivity contribution in [3.8, 4) is 16.9 Å². The van der Waals surface area contributed by atoms with Gasteiger partial charge in [0.1, 0.15) is 17.6 Å². The lowest BCUT2D eigenvalue weighted by atomic mass is 9.95. The molecule has 148 valence electrons. The summed E-state index contributed by atoms with van der Waals surface area (Å²) in [5, 5.41) is 4.71. The molecule has 29 heavy (non-hydrogen) atoms. The quantitative estimate of drug-likeness (QED) is 0.436. The van der Waals surface area contributed by atoms with E-state index in [4.69, 9.17) is 27.9 Å². The van der Waals surface area contributed by atoms with Crippen LogP contribution < -0.4 is 10.1 Å². The zero-order valence-corrected chi connectivity index (χ0v) is 17.5. The number of methoxy groups -OCH3 is 1. The fourth-order valence-electron chi connectivity index (χ4n) is 3.37. The Morgan fingerprint density at radius 2 is 1.90 bits per heavy atom. The maximum atomic E-state index is 6.55. The number of aromatic nitrogens is 4. The second-order valence-electron chi connectivity index (χ2n) is 6.56. The summed E-state index contributed by atoms with van der Waals surface area (Å²) in [6.45, 7) is 2.63. The average molecular weight is 428 g/mol. The Hall–Kier alpha value is -2.83. The van der Waals surface area contributed by atoms with Crippen LogP contribution in [0.3, 0.4) is 0 Å². The molecule has 2 heterocycles. The first kappa shape index (κ1) is 19.5. The number of fused-ring (bicyclic) bond motifs is 1. The topological polar surface area (TPSA) is 75.7 Å². The number of benzene rings is 2. The third-order valence-electron chi connectivity index (χ3n) is 4.79. The van der Waals surface area contributed by atoms with Gasteiger partial charge in [0.25, 0.3) is 0 Å². The van der Waals surface area contributed by atoms with Crippen molar-refractivity contribution < 1.29 is 4.74 Å². The molecule has 0 aliphatic rings. The van der Waals surface area contributed by atoms with E-state index in [1.54, 1.807) is 13.4 Å². The molecule has 6 nitrogen and oxygen atoms in total. The van der Waals surface area contributed by atoms with Gasteiger partial charge in [-0.25, -0.2) is 15.0 Å². The zero-order chi connectivity index (χ0) is 20.4. The van der Waals surface area contributed by atoms with Crippen molar-refractivity contribution in [3.05, 3.63) is 64.2 Å². The summed E-state index contributed by atoms with van der Waals surface area (Å²) in [6.07, 6.45) is 3.80. The molecule has 2 aromatic carbocycles. The predicted octanol–water partition coefficient (Wildman–Crippen LogP) is 5.30. The minimum absolute atomic E-state index is 0.634. The highest BCUT2D eigenvalue weighted by atomic mass is 35.5. The first-order chi connectivity index (χ1) is 14.1. The van der Waals surface area contributed by atoms with E-state index in [-0.39, 0.29) is 0 Å². The summed E-state index contributed by atoms with van der Waals surface area (Å²) in [5.74, 6) is 1.50. The van der Waals surface area contributed by atoms with Crippen molar-refractivity contribution in [3.63, 3.8) is 0 Å². The highest BCUT2D eigenvalue weighted by Crippen LogP contribution is 2.40. The zero-order valence-electron chi connectivity index (χ0n) is 16.0. The number of rotatable bonds is 6. The second kappa shape index (κ2) is 8.27. The van der Waals surface area contributed by atoms with Crippen molar-refractivity contribution in [1.82, 2.24) is 19.9 Å². The number of nitrogens with zero attached hydrogens (tertiary/aromatic N) is 3. The Kier molecular flexibility index (Phi) is 5.56. The highest BCUT2D eigenvalue weighted by molar-refractivity contribution is 6.32. The van der Waals surface area contributed by atoms with Crippen LogP contribution in [-0.4, -0.2) is 33.6 Å². The summed E-state index contributed by atoms with van der Waals surface area (Å²) in [6, 6.07) is 9.63. The van der Waals surface area contributed by atoms with Crippen molar-refractivity contribution >= 4 is 40.2 Å². The van der Waals surface area contributed by atoms with Crippen molar-refractivity contribution in [2.45, 2.75) is 13.3 Å². The number of H-pyrrole nitrogens is 1. The molecule has 0 saturated heterocycles. The molecular weight excluding hydrogens is 409 g/mol. The number of hydrogen-bond donors (Lipinski definition) is 2. The molecule has 0 spiro atoms. The molecule has 4 rings (SSSR count). The van der Waals surface area contributed by atoms with Crippen LogP contribution in [0.2, 0.25) is 10.0 Å². The van der Waals surface area contributed by atoms with Gasteiger partial charge in [-0.1, -0.05) is 35.3 Å². The summed E-state index contributed by atoms with van der Waals surface area (Å²) >= 11 is 12.6. The Balaban J connectivity index is 1.63. The van der Waals surface area contributed by atoms with Gasteiger partial charge in [-0.05, 0) is 48.2 Å². The number of imidazole rings is 1. The first-order valence-corrected chi connectivity index (χ1v) is 9.84. The number of halogens is 2. The van der Waals surface area contributed by atoms with Crippen molar-refractivity contribution in [2.75, 3.05) is 19.0 Å². The van der Waals surface area contributed by atoms with Crippen LogP contribution in [0.4, 0.5) is 5.82 Å². The van der Waals surface area contributed by atoms with Gasteiger partial charge in [-0.3, -0.25) is 0 Å². The SMILES string of the molecule is COc1c(CCNc2ncnc3[nH]cnc23)cc(Cl)c(C)c1-c1ccc(Cl)cc1. The van der Waals surface area contributed by atoms with Crippen LogP contribution in [0.25, 0.3) is 22.3 Å². The van der Waals surface area contributed by atoms with E-state index in [0.717, 1.165) is 28.0 Å². The number of anilines is 1. The minimum atomic E-state index is 0.634. The van der Waals surface area contributed by atoms with Gasteiger partial charge < -0.3 is 15.0 Å². The molecule has 8 heteroatoms. The van der Waals surface area contributed by atoms with Crippen LogP contribution in [-0.2, 0) is 6.42 Å². The molecule has 2 aromatic heterocycles. The summed E-state index contributed by atoms with van der Waals surface area (Å²) < 4.78 is 5.80. The molecule has 0 aliphatic carbocycles. The smallest absolute Gasteiger partial charge is 0.162 e. The van der Waals surface area contributed by atoms with Gasteiger partial charge in [-0.15, -0.1) is 0 Å². The van der Waals surface area contributed by atoms with E-state index in [0.29, 0.717) is 40.0 Å². The molecular formula is C21H19Cl2N5O. The van der Waals surface area contributed by atoms with E-state index in [9.17, 15) is 0 Å². The number of hydrogen-bond acceptors (Lipinski definition) is 5. The second-order valence-corrected chi connectivity index (χ2v) is 7.40. The average Bonchev–Trinajstić information content (AvgIpc) is 3.21. The van der Waals surface area contributed by atoms with Gasteiger partial charge in [0.15, 0.2) is 11.5 Å². The molecule has 0 aliphatic heterocycles. The molecule has 0 atom stereocenters. The molecule has 0 amide bonds. The monoisotopic (exact) mass is 427 g/mol. The number of aromatic amines is 1. The van der Waals surface area contributed by atoms with Crippen LogP contribution in [0.1, 0.15) is 11.1 Å². The van der Waals surface area contributed by atoms with Gasteiger partial charge in [-0.2, -0.15) is 0 Å². The third-order valence-corrected chi connectivity index (χ3v) is 5.44. The molecule has 0 saturated carbocycles. The Bertz CT molecular complexity index is 1160. The largest absolute Gasteiger partial charge is 0.496 e. The minimum Gasteiger partial charge on any atom is -0.496 e. The highest BCUT2D eigenvalue weighted by Gasteiger charge is 2.17. The van der Waals surface area contributed by atoms with Crippen LogP contribution in [0, 0.1) is 6.92 Å². The molecule has 2 N–H and O–H groups in total. The van der Waals surface area contributed by atoms with E-state index >= 15 is 0 Å². The van der Waals surface area contributed by atoms with E-state index in [2.05, 4.69) is 25.3 Å². The Labute approximate surface area is 178 Å². The van der Waals surface area contributed by atoms with Crippen LogP contribution in [0.5, 0.6) is 5.75 Å². The van der Waals surface area contributed by atoms with Gasteiger partial charge in [0, 0.05) is 22.2 Å². The van der Waals surface area contributed by atoms with Gasteiger partial charge >= 0.3 is 0 Å². The van der Waals surface area contributed by atoms with E-state index in [1.807, 2.05) is 37.3 Å². The van der Waals surface area contributed by atoms with Crippen molar-refractivity contribution in [1.29, 1.82) is 0 Å². The van der Waals surface area contributed by atoms with Gasteiger partial charge in [0.2, 0.25) is 0 Å². The summed E-state index contributed by atoms with van der Waals surface area (Å²) in [4.78, 5) is 15.7. The molecule has 4 aromatic rings. The maximum Gasteiger partial charge on any atom is 0.162 e. The summed E-state index contributed by atoms with van der Waals surface area (Å²) in [7, 11) is 1.68. The molecule has 0 radical (unpaired) electrons. The van der Waals surface area contributed by atoms with Gasteiger partial charge in [0.05, 0.1) is 13.4 Å². The Morgan fingerprint density at radius 1 is 1.10 bits per heavy atom. The standard InChI is InChI=1S/C21H19Cl2N5O/c1-12-16(23)9-14(19(29-2)17(12)13-3-5-15(22)6-4-13)7-8-24-20-18-21(26-10-25-18)28-11-27-20/h3-6,9-11H,7-8H2,1-2H3,(H2,24,25,26,27,28). The lowest BCUT2D eigenvalue weighted by molar-refractivity contribution is 0.411. The fourth-order valence-corrected chi connectivity index (χ4v) is 3.72. The molecule has 0 unspecified atom stereocenters. The maximum absolute atomic E-state index is 6.55. The number of nitrogens with one attached hydrogen (secondary N) is 2. The Morgan fingerprint density at radius 3 is 2.66 bits per heavy atom. The van der Waals surface area contributed by atoms with E-state index < -0.39 is 0 Å². The van der Waals surface area contributed by atoms with Crippen LogP contribution >= 0.6 is 23.2 Å². The third kappa shape index (κ3) is 3.86. The normalized spacial score (nSPS) is 11.0. The van der Waals surface area contributed by atoms with Crippen LogP contribution in [0.15, 0.2) is 43.0 Å². The van der Waals surface area contributed by atoms with Crippen molar-refractivity contribution in [2.24, 2.45) is 0 Å². The first-order valence-electron chi connectivity index (χ1n) is 9.08. The lowest BCUT2D eigenvalue weighted by Gasteiger charge is -2.18. The van der Waals surface area contributed by atoms with E-state index in [1.165, 1.54) is 6.33 Å². The number of ether oxygens (including phenoxy) is 1. The fraction of sp³-hybridized carbons (Fsp3) is 0.190. The molecule has 0 bridgehead atoms. The molecule has 0 fully saturated rings. The summed E-state index contributed by atoms with van der Waals surface area (Å²) in [5.41, 5.74) is 5.37. The predicted molar refractivity (Wildman–Crippen MR) is 117 cm³/mol. The lowest BCUT2D eigenvalue weighted by Crippen LogP contribution is -2.09.